The van der Waals surface area contributed by atoms with Gasteiger partial charge in [-0.2, -0.15) is 0 Å². The van der Waals surface area contributed by atoms with Crippen molar-refractivity contribution >= 4 is 11.8 Å². The van der Waals surface area contributed by atoms with Crippen molar-refractivity contribution in [1.82, 2.24) is 0 Å². The quantitative estimate of drug-likeness (QED) is 0.530. The Bertz CT molecular complexity index is 902. The van der Waals surface area contributed by atoms with Crippen LogP contribution in [0, 0.1) is 0 Å². The second-order valence-corrected chi connectivity index (χ2v) is 6.56. The maximum atomic E-state index is 13.0. The third-order valence-electron chi connectivity index (χ3n) is 4.55. The first-order valence-corrected chi connectivity index (χ1v) is 9.21. The fraction of sp³-hybridized carbons (Fsp3) is 0.167. The molecule has 0 radical (unpaired) electrons. The van der Waals surface area contributed by atoms with E-state index in [0.29, 0.717) is 17.9 Å². The molecule has 3 rings (SSSR count). The van der Waals surface area contributed by atoms with Gasteiger partial charge >= 0.3 is 5.97 Å². The Morgan fingerprint density at radius 1 is 0.821 bits per heavy atom. The third kappa shape index (κ3) is 5.30. The summed E-state index contributed by atoms with van der Waals surface area (Å²) in [6.07, 6.45) is 0.216. The van der Waals surface area contributed by atoms with Crippen LogP contribution in [-0.4, -0.2) is 16.9 Å². The zero-order valence-electron chi connectivity index (χ0n) is 15.5. The number of hydrogen-bond donors (Lipinski definition) is 1. The van der Waals surface area contributed by atoms with Gasteiger partial charge in [0.1, 0.15) is 12.4 Å². The van der Waals surface area contributed by atoms with Gasteiger partial charge in [-0.15, -0.1) is 0 Å². The SMILES string of the molecule is O=C(O)CCC(C(=O)c1ccc(OCc2ccccc2)cc1)c1ccccc1. The Hall–Kier alpha value is -3.40. The number of hydrogen-bond acceptors (Lipinski definition) is 3. The molecule has 0 aromatic heterocycles. The molecular weight excluding hydrogens is 352 g/mol. The summed E-state index contributed by atoms with van der Waals surface area (Å²) in [5.74, 6) is -0.781. The summed E-state index contributed by atoms with van der Waals surface area (Å²) in [6.45, 7) is 0.458. The lowest BCUT2D eigenvalue weighted by Gasteiger charge is -2.16. The summed E-state index contributed by atoms with van der Waals surface area (Å²) in [5.41, 5.74) is 2.45. The molecule has 28 heavy (non-hydrogen) atoms. The van der Waals surface area contributed by atoms with E-state index in [1.165, 1.54) is 0 Å². The van der Waals surface area contributed by atoms with Crippen LogP contribution >= 0.6 is 0 Å². The van der Waals surface area contributed by atoms with Crippen LogP contribution in [0.2, 0.25) is 0 Å². The van der Waals surface area contributed by atoms with Crippen LogP contribution in [0.1, 0.15) is 40.2 Å². The summed E-state index contributed by atoms with van der Waals surface area (Å²) in [4.78, 5) is 24.0. The van der Waals surface area contributed by atoms with E-state index in [1.807, 2.05) is 60.7 Å². The first kappa shape index (κ1) is 19.4. The first-order chi connectivity index (χ1) is 13.6. The molecular formula is C24H22O4. The first-order valence-electron chi connectivity index (χ1n) is 9.21. The number of carbonyl (C=O) groups is 2. The molecule has 4 nitrogen and oxygen atoms in total. The van der Waals surface area contributed by atoms with Crippen LogP contribution < -0.4 is 4.74 Å². The number of carboxylic acids is 1. The van der Waals surface area contributed by atoms with Gasteiger partial charge in [0, 0.05) is 17.9 Å². The predicted molar refractivity (Wildman–Crippen MR) is 108 cm³/mol. The lowest BCUT2D eigenvalue weighted by Crippen LogP contribution is -2.14. The second-order valence-electron chi connectivity index (χ2n) is 6.56. The van der Waals surface area contributed by atoms with Crippen molar-refractivity contribution in [2.45, 2.75) is 25.4 Å². The van der Waals surface area contributed by atoms with Crippen molar-refractivity contribution in [3.05, 3.63) is 102 Å². The van der Waals surface area contributed by atoms with Gasteiger partial charge in [0.2, 0.25) is 0 Å². The molecule has 0 bridgehead atoms. The molecule has 3 aromatic carbocycles. The Morgan fingerprint density at radius 2 is 1.43 bits per heavy atom. The van der Waals surface area contributed by atoms with Gasteiger partial charge in [0.05, 0.1) is 0 Å². The number of rotatable bonds is 9. The van der Waals surface area contributed by atoms with Crippen LogP contribution in [0.5, 0.6) is 5.75 Å². The van der Waals surface area contributed by atoms with Crippen molar-refractivity contribution < 1.29 is 19.4 Å². The van der Waals surface area contributed by atoms with Crippen molar-refractivity contribution in [2.24, 2.45) is 0 Å². The molecule has 3 aromatic rings. The summed E-state index contributed by atoms with van der Waals surface area (Å²) < 4.78 is 5.76. The number of carbonyl (C=O) groups excluding carboxylic acids is 1. The van der Waals surface area contributed by atoms with E-state index in [9.17, 15) is 9.59 Å². The number of Topliss-reactive ketones (excluding diaryl/α,β-unsaturated/α-hetero) is 1. The highest BCUT2D eigenvalue weighted by atomic mass is 16.5. The van der Waals surface area contributed by atoms with Crippen molar-refractivity contribution in [2.75, 3.05) is 0 Å². The van der Waals surface area contributed by atoms with Gasteiger partial charge in [-0.05, 0) is 41.8 Å². The molecule has 0 saturated heterocycles. The predicted octanol–water partition coefficient (Wildman–Crippen LogP) is 5.10. The molecule has 0 aliphatic carbocycles. The highest BCUT2D eigenvalue weighted by Crippen LogP contribution is 2.27. The molecule has 0 fully saturated rings. The van der Waals surface area contributed by atoms with E-state index in [2.05, 4.69) is 0 Å². The molecule has 4 heteroatoms. The molecule has 1 N–H and O–H groups in total. The minimum atomic E-state index is -0.904. The fourth-order valence-electron chi connectivity index (χ4n) is 3.06. The molecule has 0 spiro atoms. The Balaban J connectivity index is 1.71. The zero-order chi connectivity index (χ0) is 19.8. The number of carboxylic acid groups (broad SMARTS) is 1. The van der Waals surface area contributed by atoms with Crippen LogP contribution in [0.15, 0.2) is 84.9 Å². The minimum Gasteiger partial charge on any atom is -0.489 e. The fourth-order valence-corrected chi connectivity index (χ4v) is 3.06. The van der Waals surface area contributed by atoms with Crippen LogP contribution in [0.25, 0.3) is 0 Å². The number of benzene rings is 3. The largest absolute Gasteiger partial charge is 0.489 e. The normalized spacial score (nSPS) is 11.6. The molecule has 142 valence electrons. The Morgan fingerprint density at radius 3 is 2.04 bits per heavy atom. The molecule has 0 saturated carbocycles. The zero-order valence-corrected chi connectivity index (χ0v) is 15.5. The minimum absolute atomic E-state index is 0.0520. The van der Waals surface area contributed by atoms with E-state index in [4.69, 9.17) is 9.84 Å². The maximum absolute atomic E-state index is 13.0. The molecule has 1 unspecified atom stereocenters. The summed E-state index contributed by atoms with van der Waals surface area (Å²) in [5, 5.41) is 9.02. The molecule has 0 heterocycles. The number of ketones is 1. The molecule has 0 aliphatic rings. The van der Waals surface area contributed by atoms with E-state index in [0.717, 1.165) is 11.1 Å². The van der Waals surface area contributed by atoms with Gasteiger partial charge in [-0.25, -0.2) is 0 Å². The number of aliphatic carboxylic acids is 1. The van der Waals surface area contributed by atoms with Gasteiger partial charge in [-0.3, -0.25) is 9.59 Å². The van der Waals surface area contributed by atoms with Crippen molar-refractivity contribution in [3.8, 4) is 5.75 Å². The van der Waals surface area contributed by atoms with E-state index >= 15 is 0 Å². The van der Waals surface area contributed by atoms with Crippen LogP contribution in [-0.2, 0) is 11.4 Å². The van der Waals surface area contributed by atoms with E-state index in [1.54, 1.807) is 24.3 Å². The van der Waals surface area contributed by atoms with E-state index in [-0.39, 0.29) is 18.6 Å². The van der Waals surface area contributed by atoms with Crippen LogP contribution in [0.3, 0.4) is 0 Å². The van der Waals surface area contributed by atoms with Gasteiger partial charge in [-0.1, -0.05) is 60.7 Å². The third-order valence-corrected chi connectivity index (χ3v) is 4.55. The van der Waals surface area contributed by atoms with E-state index < -0.39 is 11.9 Å². The molecule has 1 atom stereocenters. The van der Waals surface area contributed by atoms with Crippen molar-refractivity contribution in [3.63, 3.8) is 0 Å². The monoisotopic (exact) mass is 374 g/mol. The second kappa shape index (κ2) is 9.51. The number of ether oxygens (including phenoxy) is 1. The van der Waals surface area contributed by atoms with Crippen molar-refractivity contribution in [1.29, 1.82) is 0 Å². The average Bonchev–Trinajstić information content (AvgIpc) is 2.74. The Kier molecular flexibility index (Phi) is 6.58. The highest BCUT2D eigenvalue weighted by Gasteiger charge is 2.22. The smallest absolute Gasteiger partial charge is 0.303 e. The van der Waals surface area contributed by atoms with Gasteiger partial charge in [0.15, 0.2) is 5.78 Å². The topological polar surface area (TPSA) is 63.6 Å². The van der Waals surface area contributed by atoms with Gasteiger partial charge in [0.25, 0.3) is 0 Å². The summed E-state index contributed by atoms with van der Waals surface area (Å²) in [6, 6.07) is 26.2. The maximum Gasteiger partial charge on any atom is 0.303 e. The molecule has 0 aliphatic heterocycles. The summed E-state index contributed by atoms with van der Waals surface area (Å²) in [7, 11) is 0. The highest BCUT2D eigenvalue weighted by molar-refractivity contribution is 6.01. The standard InChI is InChI=1S/C24H22O4/c25-23(26)16-15-22(19-9-5-2-6-10-19)24(27)20-11-13-21(14-12-20)28-17-18-7-3-1-4-8-18/h1-14,22H,15-17H2,(H,25,26). The van der Waals surface area contributed by atoms with Crippen LogP contribution in [0.4, 0.5) is 0 Å². The lowest BCUT2D eigenvalue weighted by molar-refractivity contribution is -0.137. The van der Waals surface area contributed by atoms with Gasteiger partial charge < -0.3 is 9.84 Å². The Labute approximate surface area is 164 Å². The average molecular weight is 374 g/mol. The molecule has 0 amide bonds. The lowest BCUT2D eigenvalue weighted by atomic mass is 9.87. The summed E-state index contributed by atoms with van der Waals surface area (Å²) >= 11 is 0.